The molecule has 0 amide bonds. The molecule has 1 aromatic rings. The fraction of sp³-hybridized carbons (Fsp3) is 0.625. The zero-order valence-electron chi connectivity index (χ0n) is 11.6. The molecule has 18 heavy (non-hydrogen) atoms. The molecule has 1 saturated heterocycles. The van der Waals surface area contributed by atoms with E-state index < -0.39 is 0 Å². The molecule has 1 heterocycles. The van der Waals surface area contributed by atoms with Gasteiger partial charge >= 0.3 is 0 Å². The van der Waals surface area contributed by atoms with Gasteiger partial charge in [-0.1, -0.05) is 56.5 Å². The van der Waals surface area contributed by atoms with Gasteiger partial charge in [0.05, 0.1) is 0 Å². The molecular weight excluding hydrogens is 220 g/mol. The summed E-state index contributed by atoms with van der Waals surface area (Å²) in [5, 5.41) is 3.45. The van der Waals surface area contributed by atoms with Gasteiger partial charge in [0.15, 0.2) is 0 Å². The third kappa shape index (κ3) is 3.82. The third-order valence-electron chi connectivity index (χ3n) is 3.86. The summed E-state index contributed by atoms with van der Waals surface area (Å²) in [6, 6.07) is 11.7. The maximum atomic E-state index is 3.45. The van der Waals surface area contributed by atoms with Crippen LogP contribution in [0.4, 0.5) is 0 Å². The first-order valence-electron chi connectivity index (χ1n) is 7.41. The first-order valence-corrected chi connectivity index (χ1v) is 7.41. The Labute approximate surface area is 111 Å². The lowest BCUT2D eigenvalue weighted by atomic mass is 9.98. The summed E-state index contributed by atoms with van der Waals surface area (Å²) in [6.45, 7) is 6.92. The number of piperazine rings is 1. The van der Waals surface area contributed by atoms with Crippen molar-refractivity contribution in [2.45, 2.75) is 38.6 Å². The smallest absolute Gasteiger partial charge is 0.0349 e. The minimum absolute atomic E-state index is 0.625. The molecule has 1 N–H and O–H groups in total. The number of hydrogen-bond acceptors (Lipinski definition) is 2. The highest BCUT2D eigenvalue weighted by Gasteiger charge is 2.21. The van der Waals surface area contributed by atoms with E-state index in [9.17, 15) is 0 Å². The molecule has 0 unspecified atom stereocenters. The fourth-order valence-electron chi connectivity index (χ4n) is 2.82. The first kappa shape index (κ1) is 13.6. The number of nitrogens with zero attached hydrogens (tertiary/aromatic N) is 1. The summed E-state index contributed by atoms with van der Waals surface area (Å²) < 4.78 is 0. The molecule has 0 radical (unpaired) electrons. The van der Waals surface area contributed by atoms with Gasteiger partial charge in [-0.05, 0) is 12.0 Å². The maximum Gasteiger partial charge on any atom is 0.0349 e. The van der Waals surface area contributed by atoms with E-state index in [4.69, 9.17) is 0 Å². The van der Waals surface area contributed by atoms with Gasteiger partial charge < -0.3 is 5.32 Å². The minimum Gasteiger partial charge on any atom is -0.314 e. The van der Waals surface area contributed by atoms with Crippen LogP contribution in [-0.4, -0.2) is 31.1 Å². The van der Waals surface area contributed by atoms with Crippen LogP contribution in [0.15, 0.2) is 30.3 Å². The fourth-order valence-corrected chi connectivity index (χ4v) is 2.82. The van der Waals surface area contributed by atoms with Gasteiger partial charge in [0.1, 0.15) is 0 Å². The van der Waals surface area contributed by atoms with E-state index in [2.05, 4.69) is 47.5 Å². The van der Waals surface area contributed by atoms with Gasteiger partial charge in [-0.25, -0.2) is 0 Å². The van der Waals surface area contributed by atoms with Crippen molar-refractivity contribution in [1.82, 2.24) is 10.2 Å². The molecule has 0 saturated carbocycles. The van der Waals surface area contributed by atoms with E-state index in [1.54, 1.807) is 0 Å². The van der Waals surface area contributed by atoms with Gasteiger partial charge in [0.2, 0.25) is 0 Å². The van der Waals surface area contributed by atoms with Gasteiger partial charge in [-0.15, -0.1) is 0 Å². The summed E-state index contributed by atoms with van der Waals surface area (Å²) in [5.41, 5.74) is 1.50. The molecule has 0 spiro atoms. The summed E-state index contributed by atoms with van der Waals surface area (Å²) in [7, 11) is 0. The predicted molar refractivity (Wildman–Crippen MR) is 77.8 cm³/mol. The van der Waals surface area contributed by atoms with Crippen LogP contribution in [-0.2, 0) is 0 Å². The molecule has 1 aromatic carbocycles. The molecule has 1 aliphatic rings. The molecule has 100 valence electrons. The number of rotatable bonds is 6. The predicted octanol–water partition coefficient (Wildman–Crippen LogP) is 3.21. The second-order valence-electron chi connectivity index (χ2n) is 5.21. The summed E-state index contributed by atoms with van der Waals surface area (Å²) in [5.74, 6) is 0. The van der Waals surface area contributed by atoms with Gasteiger partial charge in [0, 0.05) is 32.2 Å². The molecular formula is C16H26N2. The van der Waals surface area contributed by atoms with Crippen molar-refractivity contribution in [2.75, 3.05) is 26.2 Å². The van der Waals surface area contributed by atoms with Crippen LogP contribution < -0.4 is 5.32 Å². The van der Waals surface area contributed by atoms with Crippen LogP contribution in [0.2, 0.25) is 0 Å². The number of benzene rings is 1. The standard InChI is InChI=1S/C16H26N2/c1-2-3-5-10-16(15-8-6-4-7-9-15)18-13-11-17-12-14-18/h4,6-9,16-17H,2-3,5,10-14H2,1H3/t16-/m0/s1. The summed E-state index contributed by atoms with van der Waals surface area (Å²) >= 11 is 0. The Hall–Kier alpha value is -0.860. The van der Waals surface area contributed by atoms with Crippen LogP contribution in [0.3, 0.4) is 0 Å². The van der Waals surface area contributed by atoms with E-state index in [1.807, 2.05) is 0 Å². The Morgan fingerprint density at radius 3 is 2.50 bits per heavy atom. The number of hydrogen-bond donors (Lipinski definition) is 1. The lowest BCUT2D eigenvalue weighted by molar-refractivity contribution is 0.163. The van der Waals surface area contributed by atoms with Crippen molar-refractivity contribution in [1.29, 1.82) is 0 Å². The van der Waals surface area contributed by atoms with Crippen LogP contribution in [0, 0.1) is 0 Å². The highest BCUT2D eigenvalue weighted by atomic mass is 15.2. The Balaban J connectivity index is 2.01. The Kier molecular flexibility index (Phi) is 5.69. The van der Waals surface area contributed by atoms with E-state index >= 15 is 0 Å². The highest BCUT2D eigenvalue weighted by molar-refractivity contribution is 5.19. The highest BCUT2D eigenvalue weighted by Crippen LogP contribution is 2.26. The van der Waals surface area contributed by atoms with Crippen molar-refractivity contribution in [3.05, 3.63) is 35.9 Å². The van der Waals surface area contributed by atoms with Crippen LogP contribution >= 0.6 is 0 Å². The second-order valence-corrected chi connectivity index (χ2v) is 5.21. The lowest BCUT2D eigenvalue weighted by Gasteiger charge is -2.35. The Morgan fingerprint density at radius 1 is 1.11 bits per heavy atom. The summed E-state index contributed by atoms with van der Waals surface area (Å²) in [4.78, 5) is 2.65. The zero-order chi connectivity index (χ0) is 12.6. The van der Waals surface area contributed by atoms with Crippen LogP contribution in [0.25, 0.3) is 0 Å². The van der Waals surface area contributed by atoms with E-state index in [0.29, 0.717) is 6.04 Å². The Bertz CT molecular complexity index is 317. The second kappa shape index (κ2) is 7.55. The van der Waals surface area contributed by atoms with Crippen molar-refractivity contribution < 1.29 is 0 Å². The van der Waals surface area contributed by atoms with Crippen LogP contribution in [0.1, 0.15) is 44.2 Å². The summed E-state index contributed by atoms with van der Waals surface area (Å²) in [6.07, 6.45) is 5.32. The van der Waals surface area contributed by atoms with Crippen molar-refractivity contribution >= 4 is 0 Å². The van der Waals surface area contributed by atoms with Crippen molar-refractivity contribution in [3.8, 4) is 0 Å². The minimum atomic E-state index is 0.625. The SMILES string of the molecule is CCCCC[C@@H](c1ccccc1)N1CCNCC1. The average Bonchev–Trinajstić information content (AvgIpc) is 2.46. The molecule has 2 rings (SSSR count). The molecule has 1 fully saturated rings. The molecule has 0 aliphatic carbocycles. The van der Waals surface area contributed by atoms with Crippen molar-refractivity contribution in [2.24, 2.45) is 0 Å². The molecule has 1 aliphatic heterocycles. The molecule has 0 aromatic heterocycles. The largest absolute Gasteiger partial charge is 0.314 e. The van der Waals surface area contributed by atoms with E-state index in [0.717, 1.165) is 13.1 Å². The maximum absolute atomic E-state index is 3.45. The monoisotopic (exact) mass is 246 g/mol. The molecule has 1 atom stereocenters. The van der Waals surface area contributed by atoms with E-state index in [-0.39, 0.29) is 0 Å². The first-order chi connectivity index (χ1) is 8.92. The number of unbranched alkanes of at least 4 members (excludes halogenated alkanes) is 2. The molecule has 2 nitrogen and oxygen atoms in total. The quantitative estimate of drug-likeness (QED) is 0.775. The lowest BCUT2D eigenvalue weighted by Crippen LogP contribution is -2.45. The van der Waals surface area contributed by atoms with Crippen molar-refractivity contribution in [3.63, 3.8) is 0 Å². The van der Waals surface area contributed by atoms with Crippen LogP contribution in [0.5, 0.6) is 0 Å². The van der Waals surface area contributed by atoms with Gasteiger partial charge in [-0.3, -0.25) is 4.90 Å². The average molecular weight is 246 g/mol. The molecule has 0 bridgehead atoms. The zero-order valence-corrected chi connectivity index (χ0v) is 11.6. The number of nitrogens with one attached hydrogen (secondary N) is 1. The van der Waals surface area contributed by atoms with Gasteiger partial charge in [-0.2, -0.15) is 0 Å². The topological polar surface area (TPSA) is 15.3 Å². The van der Waals surface area contributed by atoms with E-state index in [1.165, 1.54) is 44.3 Å². The Morgan fingerprint density at radius 2 is 1.83 bits per heavy atom. The third-order valence-corrected chi connectivity index (χ3v) is 3.86. The molecule has 2 heteroatoms. The normalized spacial score (nSPS) is 18.7. The van der Waals surface area contributed by atoms with Gasteiger partial charge in [0.25, 0.3) is 0 Å².